The molecular formula is C18H20. The molecule has 3 rings (SSSR count). The van der Waals surface area contributed by atoms with Crippen molar-refractivity contribution in [2.75, 3.05) is 0 Å². The van der Waals surface area contributed by atoms with Crippen molar-refractivity contribution in [1.29, 1.82) is 0 Å². The van der Waals surface area contributed by atoms with Gasteiger partial charge in [-0.25, -0.2) is 0 Å². The van der Waals surface area contributed by atoms with Gasteiger partial charge in [-0.3, -0.25) is 0 Å². The van der Waals surface area contributed by atoms with Crippen molar-refractivity contribution in [3.8, 4) is 0 Å². The number of aryl methyl sites for hydroxylation is 1. The van der Waals surface area contributed by atoms with E-state index >= 15 is 0 Å². The van der Waals surface area contributed by atoms with E-state index in [4.69, 9.17) is 0 Å². The third-order valence-corrected chi connectivity index (χ3v) is 4.15. The molecule has 92 valence electrons. The van der Waals surface area contributed by atoms with E-state index in [1.165, 1.54) is 33.0 Å². The molecule has 2 aromatic carbocycles. The van der Waals surface area contributed by atoms with Crippen LogP contribution >= 0.6 is 0 Å². The third kappa shape index (κ3) is 1.59. The zero-order chi connectivity index (χ0) is 12.7. The van der Waals surface area contributed by atoms with Crippen LogP contribution in [-0.2, 0) is 6.42 Å². The Bertz CT molecular complexity index is 632. The van der Waals surface area contributed by atoms with Gasteiger partial charge in [0.25, 0.3) is 0 Å². The highest BCUT2D eigenvalue weighted by molar-refractivity contribution is 5.99. The molecule has 0 heterocycles. The van der Waals surface area contributed by atoms with Gasteiger partial charge < -0.3 is 0 Å². The molecule has 1 unspecified atom stereocenters. The molecule has 0 bridgehead atoms. The van der Waals surface area contributed by atoms with Crippen LogP contribution in [0.25, 0.3) is 16.3 Å². The molecule has 0 aliphatic heterocycles. The molecule has 0 heteroatoms. The van der Waals surface area contributed by atoms with Crippen molar-refractivity contribution in [2.24, 2.45) is 0 Å². The maximum atomic E-state index is 2.44. The first kappa shape index (κ1) is 11.5. The van der Waals surface area contributed by atoms with Gasteiger partial charge in [0.15, 0.2) is 0 Å². The summed E-state index contributed by atoms with van der Waals surface area (Å²) in [5, 5.41) is 2.90. The van der Waals surface area contributed by atoms with Gasteiger partial charge in [0.05, 0.1) is 0 Å². The Labute approximate surface area is 109 Å². The Morgan fingerprint density at radius 1 is 1.06 bits per heavy atom. The van der Waals surface area contributed by atoms with Crippen LogP contribution in [0.15, 0.2) is 36.4 Å². The highest BCUT2D eigenvalue weighted by atomic mass is 14.2. The second-order valence-corrected chi connectivity index (χ2v) is 5.28. The average Bonchev–Trinajstić information content (AvgIpc) is 2.42. The molecule has 2 aromatic rings. The molecule has 18 heavy (non-hydrogen) atoms. The molecular weight excluding hydrogens is 216 g/mol. The van der Waals surface area contributed by atoms with Gasteiger partial charge in [0.2, 0.25) is 0 Å². The van der Waals surface area contributed by atoms with Gasteiger partial charge in [-0.05, 0) is 45.9 Å². The Kier molecular flexibility index (Phi) is 2.74. The first-order valence-corrected chi connectivity index (χ1v) is 7.01. The quantitative estimate of drug-likeness (QED) is 0.662. The van der Waals surface area contributed by atoms with Crippen molar-refractivity contribution >= 4 is 16.3 Å². The normalized spacial score (nSPS) is 17.9. The zero-order valence-corrected chi connectivity index (χ0v) is 11.5. The van der Waals surface area contributed by atoms with Gasteiger partial charge in [-0.1, -0.05) is 57.2 Å². The molecule has 0 fully saturated rings. The van der Waals surface area contributed by atoms with Crippen molar-refractivity contribution in [3.63, 3.8) is 0 Å². The first-order chi connectivity index (χ1) is 8.74. The summed E-state index contributed by atoms with van der Waals surface area (Å²) >= 11 is 0. The van der Waals surface area contributed by atoms with E-state index < -0.39 is 0 Å². The second kappa shape index (κ2) is 4.28. The van der Waals surface area contributed by atoms with Crippen LogP contribution in [0.5, 0.6) is 0 Å². The fraction of sp³-hybridized carbons (Fsp3) is 0.333. The molecule has 1 atom stereocenters. The molecule has 0 amide bonds. The fourth-order valence-corrected chi connectivity index (χ4v) is 3.15. The predicted molar refractivity (Wildman–Crippen MR) is 80.0 cm³/mol. The number of benzene rings is 2. The smallest absolute Gasteiger partial charge is 0.000197 e. The lowest BCUT2D eigenvalue weighted by Gasteiger charge is -2.23. The lowest BCUT2D eigenvalue weighted by Crippen LogP contribution is -2.02. The van der Waals surface area contributed by atoms with E-state index in [-0.39, 0.29) is 0 Å². The summed E-state index contributed by atoms with van der Waals surface area (Å²) < 4.78 is 0. The summed E-state index contributed by atoms with van der Waals surface area (Å²) in [5.74, 6) is 0.545. The molecule has 0 nitrogen and oxygen atoms in total. The number of rotatable bonds is 2. The van der Waals surface area contributed by atoms with Gasteiger partial charge in [-0.15, -0.1) is 0 Å². The van der Waals surface area contributed by atoms with E-state index in [1.807, 2.05) is 0 Å². The van der Waals surface area contributed by atoms with Crippen molar-refractivity contribution < 1.29 is 0 Å². The van der Waals surface area contributed by atoms with Crippen LogP contribution in [0.4, 0.5) is 0 Å². The van der Waals surface area contributed by atoms with E-state index in [2.05, 4.69) is 57.2 Å². The van der Waals surface area contributed by atoms with Crippen LogP contribution in [0.3, 0.4) is 0 Å². The Morgan fingerprint density at radius 3 is 2.61 bits per heavy atom. The molecule has 0 spiro atoms. The minimum Gasteiger partial charge on any atom is -0.0734 e. The molecule has 0 saturated carbocycles. The average molecular weight is 236 g/mol. The molecule has 1 aliphatic carbocycles. The summed E-state index contributed by atoms with van der Waals surface area (Å²) in [4.78, 5) is 0. The zero-order valence-electron chi connectivity index (χ0n) is 11.5. The highest BCUT2D eigenvalue weighted by Gasteiger charge is 2.18. The van der Waals surface area contributed by atoms with Gasteiger partial charge in [0, 0.05) is 5.92 Å². The Hall–Kier alpha value is -1.56. The highest BCUT2D eigenvalue weighted by Crippen LogP contribution is 2.40. The summed E-state index contributed by atoms with van der Waals surface area (Å²) in [7, 11) is 0. The van der Waals surface area contributed by atoms with Crippen LogP contribution in [-0.4, -0.2) is 0 Å². The molecule has 0 radical (unpaired) electrons. The molecule has 0 N–H and O–H groups in total. The maximum absolute atomic E-state index is 2.44. The fourth-order valence-electron chi connectivity index (χ4n) is 3.15. The maximum Gasteiger partial charge on any atom is 0.000197 e. The van der Waals surface area contributed by atoms with Crippen molar-refractivity contribution in [1.82, 2.24) is 0 Å². The number of hydrogen-bond donors (Lipinski definition) is 0. The summed E-state index contributed by atoms with van der Waals surface area (Å²) in [6.45, 7) is 6.80. The number of hydrogen-bond acceptors (Lipinski definition) is 0. The molecule has 0 saturated heterocycles. The summed E-state index contributed by atoms with van der Waals surface area (Å²) in [5.41, 5.74) is 5.92. The van der Waals surface area contributed by atoms with E-state index in [1.54, 1.807) is 0 Å². The standard InChI is InChI=1S/C18H20/c1-4-13-10-15-7-6-8-16-12(3)9-14(5-2)17(11-13)18(15)16/h6-12H,4-5H2,1-3H3. The predicted octanol–water partition coefficient (Wildman–Crippen LogP) is 5.31. The van der Waals surface area contributed by atoms with Gasteiger partial charge >= 0.3 is 0 Å². The minimum atomic E-state index is 0.545. The monoisotopic (exact) mass is 236 g/mol. The number of allylic oxidation sites excluding steroid dienone is 2. The van der Waals surface area contributed by atoms with Crippen molar-refractivity contribution in [2.45, 2.75) is 39.5 Å². The van der Waals surface area contributed by atoms with Crippen LogP contribution in [0.1, 0.15) is 49.8 Å². The lowest BCUT2D eigenvalue weighted by molar-refractivity contribution is 0.963. The third-order valence-electron chi connectivity index (χ3n) is 4.15. The molecule has 0 aromatic heterocycles. The molecule has 1 aliphatic rings. The first-order valence-electron chi connectivity index (χ1n) is 7.01. The topological polar surface area (TPSA) is 0 Å². The van der Waals surface area contributed by atoms with Crippen LogP contribution in [0, 0.1) is 0 Å². The summed E-state index contributed by atoms with van der Waals surface area (Å²) in [6, 6.07) is 11.5. The van der Waals surface area contributed by atoms with Crippen LogP contribution in [0.2, 0.25) is 0 Å². The second-order valence-electron chi connectivity index (χ2n) is 5.28. The summed E-state index contributed by atoms with van der Waals surface area (Å²) in [6.07, 6.45) is 4.68. The Balaban J connectivity index is 2.41. The van der Waals surface area contributed by atoms with Gasteiger partial charge in [0.1, 0.15) is 0 Å². The SMILES string of the molecule is CCC1=CC(C)c2cccc3cc(CC)cc1c23. The van der Waals surface area contributed by atoms with Crippen molar-refractivity contribution in [3.05, 3.63) is 53.1 Å². The van der Waals surface area contributed by atoms with E-state index in [9.17, 15) is 0 Å². The Morgan fingerprint density at radius 2 is 1.89 bits per heavy atom. The van der Waals surface area contributed by atoms with Crippen LogP contribution < -0.4 is 0 Å². The lowest BCUT2D eigenvalue weighted by atomic mass is 9.81. The van der Waals surface area contributed by atoms with E-state index in [0.717, 1.165) is 12.8 Å². The van der Waals surface area contributed by atoms with Gasteiger partial charge in [-0.2, -0.15) is 0 Å². The van der Waals surface area contributed by atoms with E-state index in [0.29, 0.717) is 5.92 Å². The largest absolute Gasteiger partial charge is 0.0734 e. The minimum absolute atomic E-state index is 0.545.